The predicted octanol–water partition coefficient (Wildman–Crippen LogP) is 0.0591. The molecule has 2 nitrogen and oxygen atoms in total. The lowest BCUT2D eigenvalue weighted by Gasteiger charge is -2.19. The van der Waals surface area contributed by atoms with Crippen LogP contribution >= 0.6 is 12.2 Å². The van der Waals surface area contributed by atoms with Gasteiger partial charge in [0.05, 0.1) is 13.1 Å². The van der Waals surface area contributed by atoms with E-state index in [-0.39, 0.29) is 0 Å². The molecule has 0 saturated carbocycles. The maximum Gasteiger partial charge on any atom is 0.170 e. The van der Waals surface area contributed by atoms with Crippen molar-refractivity contribution >= 4 is 17.3 Å². The molecule has 0 aromatic carbocycles. The second-order valence-electron chi connectivity index (χ2n) is 1.82. The quantitative estimate of drug-likeness (QED) is 0.461. The molecule has 0 atom stereocenters. The molecular formula is C8H10N2S. The Hall–Kier alpha value is -1.19. The van der Waals surface area contributed by atoms with E-state index in [0.29, 0.717) is 18.2 Å². The maximum absolute atomic E-state index is 5.10. The first kappa shape index (κ1) is 9.81. The Kier molecular flexibility index (Phi) is 4.98. The molecule has 0 spiro atoms. The van der Waals surface area contributed by atoms with Gasteiger partial charge in [0.15, 0.2) is 5.11 Å². The lowest BCUT2D eigenvalue weighted by atomic mass is 10.5. The number of nitrogens with zero attached hydrogens (tertiary/aromatic N) is 1. The standard InChI is InChI=1S/C8H10N2S/c1-4-6-10(7-5-2)8(11)9-3/h1-2H,6-7H2,3H3,(H,9,11). The molecule has 0 aliphatic rings. The summed E-state index contributed by atoms with van der Waals surface area (Å²) in [5, 5.41) is 3.39. The molecule has 0 saturated heterocycles. The van der Waals surface area contributed by atoms with Gasteiger partial charge in [-0.3, -0.25) is 0 Å². The fourth-order valence-corrected chi connectivity index (χ4v) is 0.707. The summed E-state index contributed by atoms with van der Waals surface area (Å²) in [5.41, 5.74) is 0. The highest BCUT2D eigenvalue weighted by Gasteiger charge is 2.02. The van der Waals surface area contributed by atoms with Gasteiger partial charge in [-0.2, -0.15) is 0 Å². The van der Waals surface area contributed by atoms with Crippen LogP contribution in [0.25, 0.3) is 0 Å². The van der Waals surface area contributed by atoms with Crippen LogP contribution in [0.2, 0.25) is 0 Å². The highest BCUT2D eigenvalue weighted by atomic mass is 32.1. The summed E-state index contributed by atoms with van der Waals surface area (Å²) in [6.45, 7) is 0.897. The van der Waals surface area contributed by atoms with E-state index in [9.17, 15) is 0 Å². The van der Waals surface area contributed by atoms with E-state index >= 15 is 0 Å². The number of hydrogen-bond donors (Lipinski definition) is 1. The normalized spacial score (nSPS) is 7.55. The van der Waals surface area contributed by atoms with E-state index in [1.165, 1.54) is 0 Å². The van der Waals surface area contributed by atoms with E-state index in [1.807, 2.05) is 0 Å². The monoisotopic (exact) mass is 166 g/mol. The molecule has 0 aliphatic heterocycles. The average molecular weight is 166 g/mol. The van der Waals surface area contributed by atoms with Crippen LogP contribution in [0.3, 0.4) is 0 Å². The number of nitrogens with one attached hydrogen (secondary N) is 1. The van der Waals surface area contributed by atoms with Crippen molar-refractivity contribution in [1.82, 2.24) is 10.2 Å². The van der Waals surface area contributed by atoms with Crippen molar-refractivity contribution in [2.75, 3.05) is 20.1 Å². The van der Waals surface area contributed by atoms with Gasteiger partial charge in [-0.1, -0.05) is 11.8 Å². The summed E-state index contributed by atoms with van der Waals surface area (Å²) in [6.07, 6.45) is 10.2. The molecular weight excluding hydrogens is 156 g/mol. The van der Waals surface area contributed by atoms with Crippen LogP contribution < -0.4 is 5.32 Å². The number of thiocarbonyl (C=S) groups is 1. The van der Waals surface area contributed by atoms with Crippen molar-refractivity contribution in [3.8, 4) is 24.7 Å². The van der Waals surface area contributed by atoms with Crippen LogP contribution in [0.4, 0.5) is 0 Å². The zero-order valence-electron chi connectivity index (χ0n) is 6.42. The predicted molar refractivity (Wildman–Crippen MR) is 50.9 cm³/mol. The second-order valence-corrected chi connectivity index (χ2v) is 2.21. The smallest absolute Gasteiger partial charge is 0.170 e. The molecule has 0 aromatic rings. The van der Waals surface area contributed by atoms with Crippen LogP contribution in [0.1, 0.15) is 0 Å². The summed E-state index contributed by atoms with van der Waals surface area (Å²) in [5.74, 6) is 4.94. The topological polar surface area (TPSA) is 15.3 Å². The lowest BCUT2D eigenvalue weighted by molar-refractivity contribution is 0.522. The van der Waals surface area contributed by atoms with Gasteiger partial charge in [0.2, 0.25) is 0 Å². The summed E-state index contributed by atoms with van der Waals surface area (Å²) >= 11 is 4.93. The average Bonchev–Trinajstić information content (AvgIpc) is 2.03. The zero-order chi connectivity index (χ0) is 8.69. The fourth-order valence-electron chi connectivity index (χ4n) is 0.578. The Labute approximate surface area is 73.0 Å². The Balaban J connectivity index is 4.02. The van der Waals surface area contributed by atoms with Crippen molar-refractivity contribution in [2.24, 2.45) is 0 Å². The van der Waals surface area contributed by atoms with E-state index in [1.54, 1.807) is 11.9 Å². The first-order chi connectivity index (χ1) is 5.26. The first-order valence-electron chi connectivity index (χ1n) is 3.09. The molecule has 0 bridgehead atoms. The Bertz CT molecular complexity index is 193. The van der Waals surface area contributed by atoms with Gasteiger partial charge < -0.3 is 10.2 Å². The summed E-state index contributed by atoms with van der Waals surface area (Å²) in [7, 11) is 1.74. The van der Waals surface area contributed by atoms with Gasteiger partial charge in [-0.25, -0.2) is 0 Å². The fraction of sp³-hybridized carbons (Fsp3) is 0.375. The third-order valence-electron chi connectivity index (χ3n) is 1.07. The van der Waals surface area contributed by atoms with Gasteiger partial charge >= 0.3 is 0 Å². The molecule has 0 amide bonds. The van der Waals surface area contributed by atoms with Crippen molar-refractivity contribution in [3.63, 3.8) is 0 Å². The van der Waals surface area contributed by atoms with Gasteiger partial charge in [0, 0.05) is 7.05 Å². The van der Waals surface area contributed by atoms with Crippen molar-refractivity contribution in [2.45, 2.75) is 0 Å². The molecule has 0 aromatic heterocycles. The van der Waals surface area contributed by atoms with Crippen molar-refractivity contribution < 1.29 is 0 Å². The van der Waals surface area contributed by atoms with E-state index < -0.39 is 0 Å². The van der Waals surface area contributed by atoms with Crippen molar-refractivity contribution in [1.29, 1.82) is 0 Å². The first-order valence-corrected chi connectivity index (χ1v) is 3.50. The molecule has 0 radical (unpaired) electrons. The molecule has 0 unspecified atom stereocenters. The molecule has 0 aliphatic carbocycles. The number of hydrogen-bond acceptors (Lipinski definition) is 1. The summed E-state index contributed by atoms with van der Waals surface area (Å²) in [4.78, 5) is 1.73. The summed E-state index contributed by atoms with van der Waals surface area (Å²) < 4.78 is 0. The summed E-state index contributed by atoms with van der Waals surface area (Å²) in [6, 6.07) is 0. The van der Waals surface area contributed by atoms with Crippen LogP contribution in [-0.4, -0.2) is 30.1 Å². The highest BCUT2D eigenvalue weighted by molar-refractivity contribution is 7.80. The van der Waals surface area contributed by atoms with Crippen LogP contribution in [0.15, 0.2) is 0 Å². The number of rotatable bonds is 2. The Morgan fingerprint density at radius 3 is 2.18 bits per heavy atom. The SMILES string of the molecule is C#CCN(CC#C)C(=S)NC. The molecule has 11 heavy (non-hydrogen) atoms. The van der Waals surface area contributed by atoms with Gasteiger partial charge in [-0.15, -0.1) is 12.8 Å². The second kappa shape index (κ2) is 5.58. The van der Waals surface area contributed by atoms with Crippen LogP contribution in [0, 0.1) is 24.7 Å². The molecule has 0 fully saturated rings. The maximum atomic E-state index is 5.10. The Morgan fingerprint density at radius 2 is 1.91 bits per heavy atom. The number of terminal acetylenes is 2. The minimum Gasteiger partial charge on any atom is -0.366 e. The molecule has 0 heterocycles. The minimum absolute atomic E-state index is 0.448. The van der Waals surface area contributed by atoms with Gasteiger partial charge in [0.25, 0.3) is 0 Å². The van der Waals surface area contributed by atoms with E-state index in [4.69, 9.17) is 25.1 Å². The highest BCUT2D eigenvalue weighted by Crippen LogP contribution is 1.86. The van der Waals surface area contributed by atoms with Gasteiger partial charge in [-0.05, 0) is 12.2 Å². The molecule has 3 heteroatoms. The molecule has 0 rings (SSSR count). The zero-order valence-corrected chi connectivity index (χ0v) is 7.24. The Morgan fingerprint density at radius 1 is 1.45 bits per heavy atom. The molecule has 58 valence electrons. The lowest BCUT2D eigenvalue weighted by Crippen LogP contribution is -2.38. The van der Waals surface area contributed by atoms with E-state index in [2.05, 4.69) is 17.2 Å². The third kappa shape index (κ3) is 3.50. The van der Waals surface area contributed by atoms with Gasteiger partial charge in [0.1, 0.15) is 0 Å². The molecule has 1 N–H and O–H groups in total. The largest absolute Gasteiger partial charge is 0.366 e. The van der Waals surface area contributed by atoms with Crippen LogP contribution in [-0.2, 0) is 0 Å². The van der Waals surface area contributed by atoms with Crippen molar-refractivity contribution in [3.05, 3.63) is 0 Å². The van der Waals surface area contributed by atoms with E-state index in [0.717, 1.165) is 0 Å². The van der Waals surface area contributed by atoms with Crippen LogP contribution in [0.5, 0.6) is 0 Å². The third-order valence-corrected chi connectivity index (χ3v) is 1.53. The minimum atomic E-state index is 0.448.